The highest BCUT2D eigenvalue weighted by atomic mass is 16.5. The van der Waals surface area contributed by atoms with Crippen molar-refractivity contribution in [1.82, 2.24) is 35.7 Å². The van der Waals surface area contributed by atoms with Crippen molar-refractivity contribution in [1.29, 1.82) is 0 Å². The van der Waals surface area contributed by atoms with Crippen LogP contribution < -0.4 is 16.4 Å². The number of carbonyl (C=O) groups excluding carboxylic acids is 1. The molecular formula is C13H15N9O2. The number of anilines is 2. The largest absolute Gasteiger partial charge is 0.365 e. The average molecular weight is 329 g/mol. The Labute approximate surface area is 136 Å². The molecule has 0 aliphatic rings. The number of rotatable bonds is 5. The van der Waals surface area contributed by atoms with Crippen LogP contribution in [0.4, 0.5) is 16.4 Å². The molecule has 0 aliphatic carbocycles. The Hall–Kier alpha value is -3.50. The van der Waals surface area contributed by atoms with Crippen LogP contribution in [-0.4, -0.2) is 42.9 Å². The number of urea groups is 1. The summed E-state index contributed by atoms with van der Waals surface area (Å²) in [5.41, 5.74) is 6.71. The quantitative estimate of drug-likeness (QED) is 0.605. The van der Waals surface area contributed by atoms with Gasteiger partial charge in [-0.15, -0.1) is 5.10 Å². The summed E-state index contributed by atoms with van der Waals surface area (Å²) in [5.74, 6) is 1.09. The lowest BCUT2D eigenvalue weighted by Crippen LogP contribution is -2.30. The van der Waals surface area contributed by atoms with E-state index in [9.17, 15) is 4.79 Å². The Morgan fingerprint density at radius 3 is 3.00 bits per heavy atom. The van der Waals surface area contributed by atoms with Crippen LogP contribution in [0.2, 0.25) is 0 Å². The van der Waals surface area contributed by atoms with Gasteiger partial charge in [-0.25, -0.2) is 4.79 Å². The molecule has 2 amide bonds. The molecular weight excluding hydrogens is 314 g/mol. The van der Waals surface area contributed by atoms with Gasteiger partial charge in [0.15, 0.2) is 5.82 Å². The summed E-state index contributed by atoms with van der Waals surface area (Å²) >= 11 is 0. The summed E-state index contributed by atoms with van der Waals surface area (Å²) in [5, 5.41) is 20.2. The third-order valence-electron chi connectivity index (χ3n) is 3.08. The number of aryl methyl sites for hydroxylation is 1. The van der Waals surface area contributed by atoms with E-state index in [4.69, 9.17) is 10.3 Å². The lowest BCUT2D eigenvalue weighted by atomic mass is 10.3. The number of carbonyl (C=O) groups is 1. The lowest BCUT2D eigenvalue weighted by molar-refractivity contribution is 0.252. The van der Waals surface area contributed by atoms with E-state index in [-0.39, 0.29) is 12.0 Å². The molecule has 0 fully saturated rings. The first-order chi connectivity index (χ1) is 11.6. The zero-order valence-electron chi connectivity index (χ0n) is 12.8. The maximum Gasteiger partial charge on any atom is 0.319 e. The van der Waals surface area contributed by atoms with Crippen LogP contribution in [-0.2, 0) is 6.42 Å². The van der Waals surface area contributed by atoms with Crippen LogP contribution >= 0.6 is 0 Å². The maximum absolute atomic E-state index is 11.9. The summed E-state index contributed by atoms with van der Waals surface area (Å²) in [6, 6.07) is 6.82. The van der Waals surface area contributed by atoms with Crippen LogP contribution in [0.25, 0.3) is 5.69 Å². The summed E-state index contributed by atoms with van der Waals surface area (Å²) in [4.78, 5) is 15.8. The van der Waals surface area contributed by atoms with Gasteiger partial charge in [0.2, 0.25) is 5.89 Å². The number of benzene rings is 1. The van der Waals surface area contributed by atoms with Gasteiger partial charge in [0.25, 0.3) is 5.95 Å². The molecule has 2 aromatic heterocycles. The number of nitrogens with zero attached hydrogens (tertiary/aromatic N) is 6. The van der Waals surface area contributed by atoms with Crippen LogP contribution in [0.3, 0.4) is 0 Å². The minimum absolute atomic E-state index is 0.0733. The molecule has 3 rings (SSSR count). The van der Waals surface area contributed by atoms with E-state index >= 15 is 0 Å². The Bertz CT molecular complexity index is 841. The van der Waals surface area contributed by atoms with E-state index in [2.05, 4.69) is 36.3 Å². The predicted octanol–water partition coefficient (Wildman–Crippen LogP) is 0.300. The van der Waals surface area contributed by atoms with E-state index in [1.165, 1.54) is 0 Å². The average Bonchev–Trinajstić information content (AvgIpc) is 3.16. The highest BCUT2D eigenvalue weighted by Gasteiger charge is 2.07. The molecule has 124 valence electrons. The molecule has 0 radical (unpaired) electrons. The Morgan fingerprint density at radius 1 is 1.42 bits per heavy atom. The molecule has 24 heavy (non-hydrogen) atoms. The van der Waals surface area contributed by atoms with Crippen LogP contribution in [0, 0.1) is 6.92 Å². The van der Waals surface area contributed by atoms with Crippen molar-refractivity contribution in [2.75, 3.05) is 17.6 Å². The van der Waals surface area contributed by atoms with Gasteiger partial charge < -0.3 is 20.9 Å². The van der Waals surface area contributed by atoms with Crippen LogP contribution in [0.5, 0.6) is 0 Å². The highest BCUT2D eigenvalue weighted by Crippen LogP contribution is 2.14. The normalized spacial score (nSPS) is 10.5. The number of nitrogens with one attached hydrogen (secondary N) is 2. The van der Waals surface area contributed by atoms with Gasteiger partial charge in [0, 0.05) is 18.7 Å². The lowest BCUT2D eigenvalue weighted by Gasteiger charge is -2.08. The molecule has 0 spiro atoms. The monoisotopic (exact) mass is 329 g/mol. The van der Waals surface area contributed by atoms with E-state index in [0.29, 0.717) is 30.4 Å². The predicted molar refractivity (Wildman–Crippen MR) is 83.3 cm³/mol. The maximum atomic E-state index is 11.9. The molecule has 0 atom stereocenters. The van der Waals surface area contributed by atoms with Gasteiger partial charge in [-0.3, -0.25) is 0 Å². The van der Waals surface area contributed by atoms with Crippen molar-refractivity contribution in [2.45, 2.75) is 13.3 Å². The molecule has 0 saturated heterocycles. The topological polar surface area (TPSA) is 150 Å². The molecule has 11 nitrogen and oxygen atoms in total. The fraction of sp³-hybridized carbons (Fsp3) is 0.231. The van der Waals surface area contributed by atoms with Gasteiger partial charge >= 0.3 is 6.03 Å². The first kappa shape index (κ1) is 15.4. The molecule has 0 saturated carbocycles. The second-order valence-corrected chi connectivity index (χ2v) is 4.87. The third kappa shape index (κ3) is 3.63. The van der Waals surface area contributed by atoms with Gasteiger partial charge in [-0.1, -0.05) is 6.07 Å². The third-order valence-corrected chi connectivity index (χ3v) is 3.08. The Kier molecular flexibility index (Phi) is 4.32. The minimum Gasteiger partial charge on any atom is -0.365 e. The molecule has 0 aliphatic heterocycles. The number of aromatic nitrogens is 6. The Balaban J connectivity index is 1.55. The smallest absolute Gasteiger partial charge is 0.319 e. The standard InChI is InChI=1S/C13H15N9O2/c1-8-18-20-21-22(8)10-4-2-3-9(7-10)16-13(23)15-6-5-11-17-12(14)19-24-11/h2-4,7H,5-6H2,1H3,(H2,14,19)(H2,15,16,23). The van der Waals surface area contributed by atoms with Crippen molar-refractivity contribution in [3.05, 3.63) is 36.0 Å². The highest BCUT2D eigenvalue weighted by molar-refractivity contribution is 5.89. The zero-order valence-corrected chi connectivity index (χ0v) is 12.8. The summed E-state index contributed by atoms with van der Waals surface area (Å²) in [6.45, 7) is 2.12. The number of nitrogens with two attached hydrogens (primary N) is 1. The molecule has 1 aromatic carbocycles. The van der Waals surface area contributed by atoms with Crippen LogP contribution in [0.1, 0.15) is 11.7 Å². The molecule has 4 N–H and O–H groups in total. The molecule has 0 bridgehead atoms. The summed E-state index contributed by atoms with van der Waals surface area (Å²) in [6.07, 6.45) is 0.390. The van der Waals surface area contributed by atoms with Crippen LogP contribution in [0.15, 0.2) is 28.8 Å². The van der Waals surface area contributed by atoms with E-state index in [0.717, 1.165) is 5.69 Å². The van der Waals surface area contributed by atoms with E-state index in [1.54, 1.807) is 29.8 Å². The fourth-order valence-electron chi connectivity index (χ4n) is 2.01. The van der Waals surface area contributed by atoms with Crippen molar-refractivity contribution in [2.24, 2.45) is 0 Å². The summed E-state index contributed by atoms with van der Waals surface area (Å²) < 4.78 is 6.43. The van der Waals surface area contributed by atoms with Crippen molar-refractivity contribution in [3.63, 3.8) is 0 Å². The van der Waals surface area contributed by atoms with Gasteiger partial charge in [0.05, 0.1) is 5.69 Å². The Morgan fingerprint density at radius 2 is 2.29 bits per heavy atom. The van der Waals surface area contributed by atoms with E-state index < -0.39 is 0 Å². The first-order valence-electron chi connectivity index (χ1n) is 7.10. The second kappa shape index (κ2) is 6.73. The SMILES string of the molecule is Cc1nnnn1-c1cccc(NC(=O)NCCc2nc(N)no2)c1. The molecule has 2 heterocycles. The molecule has 11 heteroatoms. The number of tetrazole rings is 1. The fourth-order valence-corrected chi connectivity index (χ4v) is 2.01. The van der Waals surface area contributed by atoms with Crippen molar-refractivity contribution < 1.29 is 9.32 Å². The second-order valence-electron chi connectivity index (χ2n) is 4.87. The van der Waals surface area contributed by atoms with Gasteiger partial charge in [-0.2, -0.15) is 9.67 Å². The number of hydrogen-bond acceptors (Lipinski definition) is 8. The van der Waals surface area contributed by atoms with E-state index in [1.807, 2.05) is 6.07 Å². The van der Waals surface area contributed by atoms with Crippen molar-refractivity contribution in [3.8, 4) is 5.69 Å². The number of amides is 2. The number of hydrogen-bond donors (Lipinski definition) is 3. The molecule has 3 aromatic rings. The zero-order chi connectivity index (χ0) is 16.9. The van der Waals surface area contributed by atoms with Gasteiger partial charge in [-0.05, 0) is 40.7 Å². The minimum atomic E-state index is -0.354. The van der Waals surface area contributed by atoms with Gasteiger partial charge in [0.1, 0.15) is 0 Å². The van der Waals surface area contributed by atoms with Crippen molar-refractivity contribution >= 4 is 17.7 Å². The number of nitrogen functional groups attached to an aromatic ring is 1. The first-order valence-corrected chi connectivity index (χ1v) is 7.10. The molecule has 0 unspecified atom stereocenters. The summed E-state index contributed by atoms with van der Waals surface area (Å²) in [7, 11) is 0.